The molecule has 4 heteroatoms. The van der Waals surface area contributed by atoms with Gasteiger partial charge in [0, 0.05) is 0 Å². The zero-order chi connectivity index (χ0) is 18.7. The van der Waals surface area contributed by atoms with Crippen LogP contribution in [0.5, 0.6) is 0 Å². The zero-order valence-electron chi connectivity index (χ0n) is 16.7. The highest BCUT2D eigenvalue weighted by atomic mass is 28.4. The molecule has 1 aliphatic heterocycles. The summed E-state index contributed by atoms with van der Waals surface area (Å²) in [4.78, 5) is 0. The first-order valence-corrected chi connectivity index (χ1v) is 11.9. The van der Waals surface area contributed by atoms with E-state index in [0.717, 1.165) is 0 Å². The summed E-state index contributed by atoms with van der Waals surface area (Å²) >= 11 is 0. The number of rotatable bonds is 6. The van der Waals surface area contributed by atoms with Gasteiger partial charge >= 0.3 is 0 Å². The Kier molecular flexibility index (Phi) is 6.16. The number of hydrogen-bond donors (Lipinski definition) is 0. The molecule has 0 unspecified atom stereocenters. The van der Waals surface area contributed by atoms with Crippen LogP contribution < -0.4 is 0 Å². The van der Waals surface area contributed by atoms with Crippen LogP contribution >= 0.6 is 0 Å². The number of epoxide rings is 1. The van der Waals surface area contributed by atoms with Crippen molar-refractivity contribution in [2.24, 2.45) is 0 Å². The van der Waals surface area contributed by atoms with Gasteiger partial charge in [-0.25, -0.2) is 0 Å². The number of hydrogen-bond acceptors (Lipinski definition) is 3. The molecule has 1 aliphatic rings. The van der Waals surface area contributed by atoms with Gasteiger partial charge in [0.25, 0.3) is 0 Å². The lowest BCUT2D eigenvalue weighted by Gasteiger charge is -2.37. The van der Waals surface area contributed by atoms with E-state index in [1.807, 2.05) is 32.0 Å². The van der Waals surface area contributed by atoms with Crippen molar-refractivity contribution in [3.63, 3.8) is 0 Å². The van der Waals surface area contributed by atoms with Crippen molar-refractivity contribution >= 4 is 8.32 Å². The molecule has 0 aromatic heterocycles. The van der Waals surface area contributed by atoms with Crippen LogP contribution in [0.25, 0.3) is 0 Å². The normalized spacial score (nSPS) is 24.4. The van der Waals surface area contributed by atoms with Crippen molar-refractivity contribution in [1.29, 1.82) is 0 Å². The second-order valence-electron chi connectivity index (χ2n) is 8.50. The molecular weight excluding hydrogens is 328 g/mol. The van der Waals surface area contributed by atoms with Crippen LogP contribution in [-0.2, 0) is 20.5 Å². The quantitative estimate of drug-likeness (QED) is 0.416. The first-order chi connectivity index (χ1) is 11.5. The first-order valence-electron chi connectivity index (χ1n) is 9.03. The van der Waals surface area contributed by atoms with Crippen molar-refractivity contribution in [1.82, 2.24) is 0 Å². The minimum atomic E-state index is -1.79. The van der Waals surface area contributed by atoms with Crippen LogP contribution in [-0.4, -0.2) is 32.7 Å². The zero-order valence-corrected chi connectivity index (χ0v) is 17.7. The van der Waals surface area contributed by atoms with Gasteiger partial charge in [0.2, 0.25) is 0 Å². The molecule has 2 rings (SSSR count). The maximum absolute atomic E-state index is 6.28. The molecule has 3 nitrogen and oxygen atoms in total. The average Bonchev–Trinajstić information content (AvgIpc) is 3.16. The lowest BCUT2D eigenvalue weighted by atomic mass is 10.1. The molecule has 1 fully saturated rings. The van der Waals surface area contributed by atoms with Gasteiger partial charge in [-0.2, -0.15) is 0 Å². The summed E-state index contributed by atoms with van der Waals surface area (Å²) in [6.07, 6.45) is -0.0309. The third-order valence-corrected chi connectivity index (χ3v) is 9.68. The molecule has 0 radical (unpaired) electrons. The smallest absolute Gasteiger partial charge is 0.193 e. The maximum atomic E-state index is 6.28. The van der Waals surface area contributed by atoms with E-state index in [4.69, 9.17) is 13.9 Å². The van der Waals surface area contributed by atoms with Gasteiger partial charge in [-0.05, 0) is 37.5 Å². The summed E-state index contributed by atoms with van der Waals surface area (Å²) < 4.78 is 17.8. The summed E-state index contributed by atoms with van der Waals surface area (Å²) in [5.74, 6) is 6.48. The molecule has 1 aromatic carbocycles. The predicted octanol–water partition coefficient (Wildman–Crippen LogP) is 4.77. The monoisotopic (exact) mass is 360 g/mol. The second-order valence-corrected chi connectivity index (χ2v) is 13.3. The fourth-order valence-electron chi connectivity index (χ4n) is 2.32. The Bertz CT molecular complexity index is 624. The lowest BCUT2D eigenvalue weighted by Crippen LogP contribution is -2.43. The minimum absolute atomic E-state index is 0.0452. The van der Waals surface area contributed by atoms with Crippen molar-refractivity contribution in [2.75, 3.05) is 6.61 Å². The molecule has 0 amide bonds. The van der Waals surface area contributed by atoms with Gasteiger partial charge < -0.3 is 13.9 Å². The topological polar surface area (TPSA) is 31.0 Å². The van der Waals surface area contributed by atoms with Crippen LogP contribution in [0.1, 0.15) is 40.2 Å². The van der Waals surface area contributed by atoms with E-state index in [1.165, 1.54) is 5.56 Å². The average molecular weight is 361 g/mol. The Morgan fingerprint density at radius 2 is 1.88 bits per heavy atom. The number of ether oxygens (including phenoxy) is 2. The Morgan fingerprint density at radius 1 is 1.24 bits per heavy atom. The first kappa shape index (κ1) is 20.2. The highest BCUT2D eigenvalue weighted by Crippen LogP contribution is 2.38. The molecule has 25 heavy (non-hydrogen) atoms. The highest BCUT2D eigenvalue weighted by Gasteiger charge is 2.51. The maximum Gasteiger partial charge on any atom is 0.193 e. The molecule has 1 heterocycles. The molecular formula is C21H32O3Si. The van der Waals surface area contributed by atoms with Gasteiger partial charge in [0.1, 0.15) is 12.2 Å². The van der Waals surface area contributed by atoms with E-state index in [-0.39, 0.29) is 17.2 Å². The molecule has 1 saturated heterocycles. The molecule has 0 aliphatic carbocycles. The summed E-state index contributed by atoms with van der Waals surface area (Å²) in [5, 5.41) is 0.191. The van der Waals surface area contributed by atoms with Gasteiger partial charge in [-0.1, -0.05) is 62.9 Å². The van der Waals surface area contributed by atoms with Gasteiger partial charge in [0.15, 0.2) is 13.9 Å². The lowest BCUT2D eigenvalue weighted by molar-refractivity contribution is 0.104. The van der Waals surface area contributed by atoms with Crippen molar-refractivity contribution in [3.05, 3.63) is 35.9 Å². The molecule has 0 bridgehead atoms. The Labute approximate surface area is 154 Å². The van der Waals surface area contributed by atoms with E-state index in [0.29, 0.717) is 13.2 Å². The highest BCUT2D eigenvalue weighted by molar-refractivity contribution is 6.74. The minimum Gasteiger partial charge on any atom is -0.404 e. The summed E-state index contributed by atoms with van der Waals surface area (Å²) in [5.41, 5.74) is 0.772. The molecule has 0 N–H and O–H groups in total. The third kappa shape index (κ3) is 5.69. The fraction of sp³-hybridized carbons (Fsp3) is 0.619. The Morgan fingerprint density at radius 3 is 2.48 bits per heavy atom. The van der Waals surface area contributed by atoms with Crippen LogP contribution in [0.4, 0.5) is 0 Å². The van der Waals surface area contributed by atoms with Crippen molar-refractivity contribution < 1.29 is 13.9 Å². The third-order valence-electron chi connectivity index (χ3n) is 5.13. The van der Waals surface area contributed by atoms with E-state index in [1.54, 1.807) is 0 Å². The van der Waals surface area contributed by atoms with Crippen LogP contribution in [0.15, 0.2) is 30.3 Å². The van der Waals surface area contributed by atoms with Crippen LogP contribution in [0.2, 0.25) is 18.1 Å². The second kappa shape index (κ2) is 7.63. The van der Waals surface area contributed by atoms with E-state index in [2.05, 4.69) is 57.8 Å². The van der Waals surface area contributed by atoms with Gasteiger partial charge in [-0.15, -0.1) is 0 Å². The standard InChI is InChI=1S/C21H32O3Si/c1-17(24-25(6,7)20(2,3)4)13-14-21(5)19(23-21)16-22-15-18-11-9-8-10-12-18/h8-12,17,19H,15-16H2,1-7H3/t17-,19+,21-/m0/s1. The summed E-state index contributed by atoms with van der Waals surface area (Å²) in [7, 11) is -1.79. The van der Waals surface area contributed by atoms with Crippen molar-refractivity contribution in [3.8, 4) is 11.8 Å². The van der Waals surface area contributed by atoms with Gasteiger partial charge in [0.05, 0.1) is 13.2 Å². The van der Waals surface area contributed by atoms with Crippen molar-refractivity contribution in [2.45, 2.75) is 77.2 Å². The SMILES string of the molecule is C[C@@H](C#C[C@]1(C)O[C@@H]1COCc1ccccc1)O[Si](C)(C)C(C)(C)C. The van der Waals surface area contributed by atoms with Gasteiger partial charge in [-0.3, -0.25) is 0 Å². The van der Waals surface area contributed by atoms with E-state index >= 15 is 0 Å². The van der Waals surface area contributed by atoms with E-state index in [9.17, 15) is 0 Å². The summed E-state index contributed by atoms with van der Waals surface area (Å²) in [6.45, 7) is 16.4. The van der Waals surface area contributed by atoms with Crippen LogP contribution in [0, 0.1) is 11.8 Å². The Hall–Kier alpha value is -1.12. The van der Waals surface area contributed by atoms with Crippen LogP contribution in [0.3, 0.4) is 0 Å². The van der Waals surface area contributed by atoms with E-state index < -0.39 is 13.9 Å². The molecule has 3 atom stereocenters. The molecule has 138 valence electrons. The fourth-order valence-corrected chi connectivity index (χ4v) is 3.61. The number of benzene rings is 1. The molecule has 0 saturated carbocycles. The molecule has 1 aromatic rings. The molecule has 0 spiro atoms. The predicted molar refractivity (Wildman–Crippen MR) is 105 cm³/mol. The Balaban J connectivity index is 1.79. The summed E-state index contributed by atoms with van der Waals surface area (Å²) in [6, 6.07) is 10.2. The largest absolute Gasteiger partial charge is 0.404 e.